The average Bonchev–Trinajstić information content (AvgIpc) is 2.51. The monoisotopic (exact) mass is 283 g/mol. The van der Waals surface area contributed by atoms with Crippen molar-refractivity contribution < 1.29 is 35.9 Å². The van der Waals surface area contributed by atoms with Gasteiger partial charge < -0.3 is 0 Å². The first-order chi connectivity index (χ1) is 8.53. The Morgan fingerprint density at radius 2 is 1.05 bits per heavy atom. The zero-order valence-corrected chi connectivity index (χ0v) is 8.74. The topological polar surface area (TPSA) is 46.2 Å². The van der Waals surface area contributed by atoms with Crippen LogP contribution in [-0.4, -0.2) is 11.8 Å². The van der Waals surface area contributed by atoms with E-state index in [1.54, 1.807) is 0 Å². The molecule has 0 fully saturated rings. The predicted molar refractivity (Wildman–Crippen MR) is 48.2 cm³/mol. The van der Waals surface area contributed by atoms with E-state index in [1.165, 1.54) is 5.32 Å². The Morgan fingerprint density at radius 3 is 1.32 bits per heavy atom. The van der Waals surface area contributed by atoms with Crippen molar-refractivity contribution >= 4 is 11.8 Å². The molecule has 1 N–H and O–H groups in total. The molecule has 0 aliphatic carbocycles. The molecule has 0 saturated heterocycles. The van der Waals surface area contributed by atoms with Crippen molar-refractivity contribution in [2.24, 2.45) is 0 Å². The van der Waals surface area contributed by atoms with Gasteiger partial charge >= 0.3 is 12.4 Å². The summed E-state index contributed by atoms with van der Waals surface area (Å²) in [6.07, 6.45) is -10.1. The fraction of sp³-hybridized carbons (Fsp3) is 0.200. The van der Waals surface area contributed by atoms with E-state index in [2.05, 4.69) is 0 Å². The van der Waals surface area contributed by atoms with E-state index in [9.17, 15) is 35.9 Å². The maximum atomic E-state index is 12.6. The number of halogens is 6. The quantitative estimate of drug-likeness (QED) is 0.587. The normalized spacial score (nSPS) is 15.5. The fourth-order valence-electron chi connectivity index (χ4n) is 1.77. The molecule has 0 aromatic heterocycles. The van der Waals surface area contributed by atoms with Crippen molar-refractivity contribution in [2.45, 2.75) is 12.4 Å². The Morgan fingerprint density at radius 1 is 0.737 bits per heavy atom. The third-order valence-electron chi connectivity index (χ3n) is 2.50. The first kappa shape index (κ1) is 13.4. The fourth-order valence-corrected chi connectivity index (χ4v) is 1.77. The lowest BCUT2D eigenvalue weighted by molar-refractivity contribution is -0.141. The summed E-state index contributed by atoms with van der Waals surface area (Å²) in [5.41, 5.74) is -5.71. The van der Waals surface area contributed by atoms with E-state index in [0.717, 1.165) is 0 Å². The number of benzene rings is 1. The number of hydrogen-bond donors (Lipinski definition) is 1. The molecule has 0 saturated carbocycles. The minimum absolute atomic E-state index is 0.139. The molecule has 1 aliphatic heterocycles. The number of hydrogen-bond acceptors (Lipinski definition) is 2. The van der Waals surface area contributed by atoms with Gasteiger partial charge in [-0.3, -0.25) is 14.9 Å². The predicted octanol–water partition coefficient (Wildman–Crippen LogP) is 2.61. The summed E-state index contributed by atoms with van der Waals surface area (Å²) < 4.78 is 75.6. The summed E-state index contributed by atoms with van der Waals surface area (Å²) in [6, 6.07) is 0.277. The zero-order valence-electron chi connectivity index (χ0n) is 8.74. The van der Waals surface area contributed by atoms with E-state index in [0.29, 0.717) is 0 Å². The molecule has 1 heterocycles. The molecule has 102 valence electrons. The summed E-state index contributed by atoms with van der Waals surface area (Å²) >= 11 is 0. The van der Waals surface area contributed by atoms with Crippen LogP contribution in [0.4, 0.5) is 26.3 Å². The second kappa shape index (κ2) is 3.72. The molecule has 0 atom stereocenters. The van der Waals surface area contributed by atoms with Crippen LogP contribution in [0.2, 0.25) is 0 Å². The van der Waals surface area contributed by atoms with Crippen LogP contribution in [0.3, 0.4) is 0 Å². The van der Waals surface area contributed by atoms with Crippen LogP contribution in [0.25, 0.3) is 0 Å². The Bertz CT molecular complexity index is 536. The Kier molecular flexibility index (Phi) is 2.62. The molecular weight excluding hydrogens is 280 g/mol. The van der Waals surface area contributed by atoms with Crippen LogP contribution in [0.1, 0.15) is 31.8 Å². The van der Waals surface area contributed by atoms with Crippen LogP contribution < -0.4 is 5.32 Å². The van der Waals surface area contributed by atoms with Crippen LogP contribution in [0.15, 0.2) is 12.1 Å². The van der Waals surface area contributed by atoms with E-state index in [-0.39, 0.29) is 12.1 Å². The van der Waals surface area contributed by atoms with Gasteiger partial charge in [0.2, 0.25) is 0 Å². The molecule has 2 amide bonds. The summed E-state index contributed by atoms with van der Waals surface area (Å²) in [7, 11) is 0. The highest BCUT2D eigenvalue weighted by Crippen LogP contribution is 2.40. The Balaban J connectivity index is 2.82. The van der Waals surface area contributed by atoms with Gasteiger partial charge in [0, 0.05) is 0 Å². The lowest BCUT2D eigenvalue weighted by Gasteiger charge is -2.14. The summed E-state index contributed by atoms with van der Waals surface area (Å²) in [5, 5.41) is 1.43. The lowest BCUT2D eigenvalue weighted by atomic mass is 9.96. The minimum atomic E-state index is -5.03. The summed E-state index contributed by atoms with van der Waals surface area (Å²) in [5.74, 6) is -2.98. The third kappa shape index (κ3) is 2.04. The second-order valence-corrected chi connectivity index (χ2v) is 3.69. The van der Waals surface area contributed by atoms with Gasteiger partial charge in [-0.05, 0) is 12.1 Å². The average molecular weight is 283 g/mol. The zero-order chi connectivity index (χ0) is 14.6. The van der Waals surface area contributed by atoms with Crippen LogP contribution >= 0.6 is 0 Å². The van der Waals surface area contributed by atoms with Crippen molar-refractivity contribution in [3.63, 3.8) is 0 Å². The van der Waals surface area contributed by atoms with Crippen molar-refractivity contribution in [1.29, 1.82) is 0 Å². The first-order valence-corrected chi connectivity index (χ1v) is 4.70. The lowest BCUT2D eigenvalue weighted by Crippen LogP contribution is -2.21. The number of nitrogens with one attached hydrogen (secondary N) is 1. The van der Waals surface area contributed by atoms with Gasteiger partial charge in [-0.1, -0.05) is 0 Å². The largest absolute Gasteiger partial charge is 0.417 e. The van der Waals surface area contributed by atoms with Gasteiger partial charge in [0.15, 0.2) is 0 Å². The van der Waals surface area contributed by atoms with Gasteiger partial charge in [-0.15, -0.1) is 0 Å². The number of carbonyl (C=O) groups excluding carboxylic acids is 2. The van der Waals surface area contributed by atoms with Gasteiger partial charge in [0.1, 0.15) is 0 Å². The van der Waals surface area contributed by atoms with E-state index < -0.39 is 46.4 Å². The van der Waals surface area contributed by atoms with Crippen molar-refractivity contribution in [3.8, 4) is 0 Å². The van der Waals surface area contributed by atoms with Crippen molar-refractivity contribution in [1.82, 2.24) is 5.32 Å². The molecular formula is C10H3F6NO2. The highest BCUT2D eigenvalue weighted by Gasteiger charge is 2.46. The van der Waals surface area contributed by atoms with Gasteiger partial charge in [-0.2, -0.15) is 26.3 Å². The van der Waals surface area contributed by atoms with Gasteiger partial charge in [0.25, 0.3) is 11.8 Å². The molecule has 0 spiro atoms. The highest BCUT2D eigenvalue weighted by atomic mass is 19.4. The SMILES string of the molecule is O=C1NC(=O)c2c(C(F)(F)F)ccc(C(F)(F)F)c21. The van der Waals surface area contributed by atoms with Crippen LogP contribution in [0, 0.1) is 0 Å². The Hall–Kier alpha value is -2.06. The number of amides is 2. The van der Waals surface area contributed by atoms with E-state index in [1.807, 2.05) is 0 Å². The maximum absolute atomic E-state index is 12.6. The molecule has 0 bridgehead atoms. The molecule has 1 aliphatic rings. The summed E-state index contributed by atoms with van der Waals surface area (Å²) in [4.78, 5) is 22.4. The number of imide groups is 1. The third-order valence-corrected chi connectivity index (χ3v) is 2.50. The van der Waals surface area contributed by atoms with Crippen LogP contribution in [0.5, 0.6) is 0 Å². The van der Waals surface area contributed by atoms with Gasteiger partial charge in [0.05, 0.1) is 22.3 Å². The minimum Gasteiger partial charge on any atom is -0.288 e. The standard InChI is InChI=1S/C10H3F6NO2/c11-9(12,13)3-1-2-4(10(14,15)16)6-5(3)7(18)17-8(6)19/h1-2H,(H,17,18,19). The number of alkyl halides is 6. The van der Waals surface area contributed by atoms with Crippen LogP contribution in [-0.2, 0) is 12.4 Å². The number of carbonyl (C=O) groups is 2. The smallest absolute Gasteiger partial charge is 0.288 e. The Labute approximate surface area is 101 Å². The number of rotatable bonds is 0. The maximum Gasteiger partial charge on any atom is 0.417 e. The van der Waals surface area contributed by atoms with E-state index >= 15 is 0 Å². The summed E-state index contributed by atoms with van der Waals surface area (Å²) in [6.45, 7) is 0. The highest BCUT2D eigenvalue weighted by molar-refractivity contribution is 6.23. The molecule has 1 aromatic carbocycles. The molecule has 3 nitrogen and oxygen atoms in total. The number of fused-ring (bicyclic) bond motifs is 1. The van der Waals surface area contributed by atoms with E-state index in [4.69, 9.17) is 0 Å². The second-order valence-electron chi connectivity index (χ2n) is 3.69. The van der Waals surface area contributed by atoms with Crippen molar-refractivity contribution in [2.75, 3.05) is 0 Å². The van der Waals surface area contributed by atoms with Crippen molar-refractivity contribution in [3.05, 3.63) is 34.4 Å². The molecule has 1 aromatic rings. The molecule has 9 heteroatoms. The molecule has 0 unspecified atom stereocenters. The molecule has 2 rings (SSSR count). The molecule has 19 heavy (non-hydrogen) atoms. The first-order valence-electron chi connectivity index (χ1n) is 4.70. The van der Waals surface area contributed by atoms with Gasteiger partial charge in [-0.25, -0.2) is 0 Å². The molecule has 0 radical (unpaired) electrons.